The smallest absolute Gasteiger partial charge is 0.262 e. The zero-order chi connectivity index (χ0) is 21.1. The fraction of sp³-hybridized carbons (Fsp3) is 0.273. The summed E-state index contributed by atoms with van der Waals surface area (Å²) in [6, 6.07) is 10.1. The second-order valence-corrected chi connectivity index (χ2v) is 8.24. The van der Waals surface area contributed by atoms with Gasteiger partial charge in [-0.25, -0.2) is 0 Å². The number of phenolic OH excluding ortho intramolecular Hbond substituents is 1. The van der Waals surface area contributed by atoms with Gasteiger partial charge in [-0.2, -0.15) is 0 Å². The van der Waals surface area contributed by atoms with Gasteiger partial charge in [0.1, 0.15) is 5.75 Å². The number of hydrogen-bond acceptors (Lipinski definition) is 3. The summed E-state index contributed by atoms with van der Waals surface area (Å²) in [4.78, 5) is 25.7. The van der Waals surface area contributed by atoms with E-state index in [1.807, 2.05) is 0 Å². The van der Waals surface area contributed by atoms with Crippen LogP contribution in [0.4, 0.5) is 0 Å². The van der Waals surface area contributed by atoms with Crippen molar-refractivity contribution in [3.63, 3.8) is 0 Å². The normalized spacial score (nSPS) is 11.0. The van der Waals surface area contributed by atoms with Crippen LogP contribution in [0.5, 0.6) is 5.75 Å². The first-order chi connectivity index (χ1) is 13.8. The average molecular weight is 478 g/mol. The molecule has 5 nitrogen and oxygen atoms in total. The Balaban J connectivity index is 2.09. The summed E-state index contributed by atoms with van der Waals surface area (Å²) in [5, 5.41) is 13.8. The van der Waals surface area contributed by atoms with Crippen LogP contribution in [0.2, 0.25) is 5.02 Å². The van der Waals surface area contributed by atoms with Gasteiger partial charge in [-0.1, -0.05) is 40.9 Å². The molecule has 1 heterocycles. The number of nitrogens with zero attached hydrogens (tertiary/aromatic N) is 1. The lowest BCUT2D eigenvalue weighted by Crippen LogP contribution is -2.26. The molecule has 0 unspecified atom stereocenters. The van der Waals surface area contributed by atoms with Crippen molar-refractivity contribution in [2.45, 2.75) is 33.1 Å². The fourth-order valence-corrected chi connectivity index (χ4v) is 3.74. The molecule has 2 aromatic carbocycles. The van der Waals surface area contributed by atoms with E-state index in [4.69, 9.17) is 11.6 Å². The molecule has 3 rings (SSSR count). The van der Waals surface area contributed by atoms with Crippen LogP contribution in [0.15, 0.2) is 40.9 Å². The third-order valence-corrected chi connectivity index (χ3v) is 5.72. The number of phenols is 1. The number of nitrogens with one attached hydrogen (secondary N) is 1. The lowest BCUT2D eigenvalue weighted by Gasteiger charge is -2.08. The molecule has 0 saturated carbocycles. The molecule has 0 fully saturated rings. The minimum atomic E-state index is -0.223. The minimum absolute atomic E-state index is 0.0833. The summed E-state index contributed by atoms with van der Waals surface area (Å²) in [5.41, 5.74) is 2.43. The molecular formula is C22H22BrClN2O3. The largest absolute Gasteiger partial charge is 0.506 e. The number of rotatable bonds is 6. The Morgan fingerprint density at radius 2 is 1.90 bits per heavy atom. The number of unbranched alkanes of at least 4 members (excludes halogenated alkanes) is 1. The van der Waals surface area contributed by atoms with E-state index < -0.39 is 0 Å². The molecule has 3 aromatic rings. The van der Waals surface area contributed by atoms with Crippen LogP contribution in [0.25, 0.3) is 10.9 Å². The second-order valence-electron chi connectivity index (χ2n) is 6.91. The van der Waals surface area contributed by atoms with E-state index in [1.165, 1.54) is 6.07 Å². The summed E-state index contributed by atoms with van der Waals surface area (Å²) in [6.07, 6.45) is 2.02. The number of hydrogen-bond donors (Lipinski definition) is 2. The Hall–Kier alpha value is -2.31. The van der Waals surface area contributed by atoms with Gasteiger partial charge in [0.25, 0.3) is 5.91 Å². The molecule has 0 aliphatic heterocycles. The molecule has 0 atom stereocenters. The van der Waals surface area contributed by atoms with E-state index in [2.05, 4.69) is 28.2 Å². The highest BCUT2D eigenvalue weighted by Gasteiger charge is 2.22. The van der Waals surface area contributed by atoms with Crippen LogP contribution >= 0.6 is 27.5 Å². The summed E-state index contributed by atoms with van der Waals surface area (Å²) in [7, 11) is 0. The fourth-order valence-electron chi connectivity index (χ4n) is 3.32. The molecule has 2 N–H and O–H groups in total. The Morgan fingerprint density at radius 3 is 2.55 bits per heavy atom. The van der Waals surface area contributed by atoms with E-state index in [-0.39, 0.29) is 29.0 Å². The van der Waals surface area contributed by atoms with Crippen molar-refractivity contribution in [1.29, 1.82) is 0 Å². The van der Waals surface area contributed by atoms with Gasteiger partial charge in [-0.05, 0) is 55.3 Å². The molecule has 0 radical (unpaired) electrons. The molecule has 0 aliphatic rings. The first kappa shape index (κ1) is 21.4. The van der Waals surface area contributed by atoms with E-state index in [1.54, 1.807) is 41.8 Å². The highest BCUT2D eigenvalue weighted by molar-refractivity contribution is 9.10. The molecule has 1 aromatic heterocycles. The molecular weight excluding hydrogens is 456 g/mol. The summed E-state index contributed by atoms with van der Waals surface area (Å²) < 4.78 is 2.43. The third-order valence-electron chi connectivity index (χ3n) is 4.89. The number of benzene rings is 2. The number of carbonyl (C=O) groups excluding carboxylic acids is 2. The molecule has 7 heteroatoms. The minimum Gasteiger partial charge on any atom is -0.506 e. The van der Waals surface area contributed by atoms with Crippen LogP contribution in [-0.4, -0.2) is 28.0 Å². The van der Waals surface area contributed by atoms with Gasteiger partial charge in [-0.3, -0.25) is 14.2 Å². The average Bonchev–Trinajstić information content (AvgIpc) is 2.93. The Kier molecular flexibility index (Phi) is 6.65. The van der Waals surface area contributed by atoms with Gasteiger partial charge in [0, 0.05) is 27.7 Å². The number of fused-ring (bicyclic) bond motifs is 1. The molecule has 29 heavy (non-hydrogen) atoms. The van der Waals surface area contributed by atoms with Crippen molar-refractivity contribution in [1.82, 2.24) is 9.88 Å². The Morgan fingerprint density at radius 1 is 1.21 bits per heavy atom. The zero-order valence-corrected chi connectivity index (χ0v) is 18.6. The van der Waals surface area contributed by atoms with Crippen molar-refractivity contribution < 1.29 is 14.7 Å². The van der Waals surface area contributed by atoms with Crippen LogP contribution in [0, 0.1) is 6.92 Å². The lowest BCUT2D eigenvalue weighted by atomic mass is 10.1. The molecule has 152 valence electrons. The summed E-state index contributed by atoms with van der Waals surface area (Å²) in [5.74, 6) is -0.425. The van der Waals surface area contributed by atoms with Crippen LogP contribution in [0.3, 0.4) is 0 Å². The van der Waals surface area contributed by atoms with Crippen LogP contribution in [-0.2, 0) is 11.2 Å². The highest BCUT2D eigenvalue weighted by atomic mass is 79.9. The molecule has 0 bridgehead atoms. The monoisotopic (exact) mass is 476 g/mol. The lowest BCUT2D eigenvalue weighted by molar-refractivity contribution is -0.120. The van der Waals surface area contributed by atoms with Crippen molar-refractivity contribution in [2.75, 3.05) is 6.54 Å². The van der Waals surface area contributed by atoms with Crippen molar-refractivity contribution >= 4 is 50.2 Å². The first-order valence-corrected chi connectivity index (χ1v) is 10.6. The molecule has 1 amide bonds. The van der Waals surface area contributed by atoms with Gasteiger partial charge in [0.15, 0.2) is 0 Å². The Bertz CT molecular complexity index is 1070. The number of aromatic hydroxyl groups is 1. The van der Waals surface area contributed by atoms with Crippen LogP contribution in [0.1, 0.15) is 41.4 Å². The van der Waals surface area contributed by atoms with E-state index in [9.17, 15) is 14.7 Å². The molecule has 0 aliphatic carbocycles. The van der Waals surface area contributed by atoms with Gasteiger partial charge >= 0.3 is 0 Å². The maximum atomic E-state index is 13.2. The van der Waals surface area contributed by atoms with E-state index in [0.29, 0.717) is 34.3 Å². The van der Waals surface area contributed by atoms with E-state index >= 15 is 0 Å². The summed E-state index contributed by atoms with van der Waals surface area (Å²) >= 11 is 9.49. The topological polar surface area (TPSA) is 71.3 Å². The number of aromatic nitrogens is 1. The number of amides is 1. The molecule has 0 spiro atoms. The predicted octanol–water partition coefficient (Wildman–Crippen LogP) is 5.22. The van der Waals surface area contributed by atoms with E-state index in [0.717, 1.165) is 17.3 Å². The summed E-state index contributed by atoms with van der Waals surface area (Å²) in [6.45, 7) is 4.47. The highest BCUT2D eigenvalue weighted by Crippen LogP contribution is 2.35. The maximum absolute atomic E-state index is 13.2. The van der Waals surface area contributed by atoms with Gasteiger partial charge in [0.2, 0.25) is 5.91 Å². The first-order valence-electron chi connectivity index (χ1n) is 9.42. The van der Waals surface area contributed by atoms with Crippen LogP contribution < -0.4 is 5.32 Å². The second kappa shape index (κ2) is 9.01. The SMILES string of the molecule is CCCCNC(=O)Cc1c(C)n(C(=O)c2ccc(Br)cc2)c2cc(Cl)c(O)cc12. The Labute approximate surface area is 182 Å². The maximum Gasteiger partial charge on any atom is 0.262 e. The number of halogens is 2. The van der Waals surface area contributed by atoms with Crippen molar-refractivity contribution in [3.05, 3.63) is 62.7 Å². The zero-order valence-electron chi connectivity index (χ0n) is 16.3. The standard InChI is InChI=1S/C22H22BrClN2O3/c1-3-4-9-25-21(28)11-16-13(2)26(19-12-18(24)20(27)10-17(16)19)22(29)14-5-7-15(23)8-6-14/h5-8,10,12,27H,3-4,9,11H2,1-2H3,(H,25,28). The van der Waals surface area contributed by atoms with Gasteiger partial charge in [0.05, 0.1) is 17.0 Å². The number of carbonyl (C=O) groups is 2. The van der Waals surface area contributed by atoms with Gasteiger partial charge < -0.3 is 10.4 Å². The van der Waals surface area contributed by atoms with Crippen molar-refractivity contribution in [2.24, 2.45) is 0 Å². The third kappa shape index (κ3) is 4.49. The predicted molar refractivity (Wildman–Crippen MR) is 119 cm³/mol. The van der Waals surface area contributed by atoms with Gasteiger partial charge in [-0.15, -0.1) is 0 Å². The van der Waals surface area contributed by atoms with Crippen molar-refractivity contribution in [3.8, 4) is 5.75 Å². The quantitative estimate of drug-likeness (QED) is 0.478. The molecule has 0 saturated heterocycles.